The minimum atomic E-state index is -0.211. The molecule has 1 aromatic carbocycles. The van der Waals surface area contributed by atoms with Crippen LogP contribution >= 0.6 is 27.5 Å². The van der Waals surface area contributed by atoms with Gasteiger partial charge in [0.25, 0.3) is 0 Å². The molecule has 1 aliphatic carbocycles. The second-order valence-corrected chi connectivity index (χ2v) is 6.91. The molecule has 1 aromatic rings. The lowest BCUT2D eigenvalue weighted by Crippen LogP contribution is -2.36. The summed E-state index contributed by atoms with van der Waals surface area (Å²) in [4.78, 5) is 0. The molecule has 1 nitrogen and oxygen atoms in total. The Hall–Kier alpha value is -0.120. The number of alkyl halides is 1. The van der Waals surface area contributed by atoms with Crippen molar-refractivity contribution in [3.63, 3.8) is 0 Å². The van der Waals surface area contributed by atoms with Crippen LogP contribution in [0.4, 0.5) is 4.39 Å². The summed E-state index contributed by atoms with van der Waals surface area (Å²) in [7, 11) is 0. The minimum absolute atomic E-state index is 0.0169. The van der Waals surface area contributed by atoms with Crippen LogP contribution in [0.25, 0.3) is 0 Å². The van der Waals surface area contributed by atoms with E-state index in [9.17, 15) is 4.39 Å². The van der Waals surface area contributed by atoms with Crippen molar-refractivity contribution in [3.05, 3.63) is 34.1 Å². The van der Waals surface area contributed by atoms with Gasteiger partial charge in [0.15, 0.2) is 0 Å². The number of hydrogen-bond donors (Lipinski definition) is 0. The third-order valence-electron chi connectivity index (χ3n) is 4.37. The topological polar surface area (TPSA) is 9.23 Å². The van der Waals surface area contributed by atoms with E-state index in [4.69, 9.17) is 16.3 Å². The molecule has 2 aliphatic rings. The summed E-state index contributed by atoms with van der Waals surface area (Å²) in [5.74, 6) is 1.08. The van der Waals surface area contributed by atoms with Crippen LogP contribution in [0.5, 0.6) is 0 Å². The first-order chi connectivity index (χ1) is 9.14. The predicted octanol–water partition coefficient (Wildman–Crippen LogP) is 4.55. The Labute approximate surface area is 126 Å². The van der Waals surface area contributed by atoms with E-state index in [1.165, 1.54) is 25.0 Å². The van der Waals surface area contributed by atoms with Gasteiger partial charge < -0.3 is 4.74 Å². The highest BCUT2D eigenvalue weighted by Gasteiger charge is 2.50. The van der Waals surface area contributed by atoms with Gasteiger partial charge in [0, 0.05) is 22.4 Å². The van der Waals surface area contributed by atoms with E-state index in [1.54, 1.807) is 0 Å². The smallest absolute Gasteiger partial charge is 0.124 e. The van der Waals surface area contributed by atoms with Gasteiger partial charge in [-0.3, -0.25) is 0 Å². The highest BCUT2D eigenvalue weighted by atomic mass is 79.9. The van der Waals surface area contributed by atoms with Crippen molar-refractivity contribution < 1.29 is 9.13 Å². The Morgan fingerprint density at radius 1 is 1.42 bits per heavy atom. The van der Waals surface area contributed by atoms with Crippen molar-refractivity contribution >= 4 is 27.5 Å². The number of hydrogen-bond acceptors (Lipinski definition) is 1. The molecule has 0 N–H and O–H groups in total. The molecular formula is C15H17BrClFO. The summed E-state index contributed by atoms with van der Waals surface area (Å²) in [6.45, 7) is 0.798. The van der Waals surface area contributed by atoms with E-state index in [2.05, 4.69) is 15.9 Å². The van der Waals surface area contributed by atoms with Gasteiger partial charge in [-0.15, -0.1) is 11.6 Å². The zero-order valence-electron chi connectivity index (χ0n) is 10.7. The third kappa shape index (κ3) is 2.70. The maximum absolute atomic E-state index is 13.2. The second-order valence-electron chi connectivity index (χ2n) is 5.79. The lowest BCUT2D eigenvalue weighted by Gasteiger charge is -2.33. The summed E-state index contributed by atoms with van der Waals surface area (Å²) in [6, 6.07) is 4.90. The number of rotatable bonds is 4. The summed E-state index contributed by atoms with van der Waals surface area (Å²) in [5.41, 5.74) is 1.14. The zero-order chi connectivity index (χ0) is 13.5. The summed E-state index contributed by atoms with van der Waals surface area (Å²) >= 11 is 9.75. The van der Waals surface area contributed by atoms with Crippen molar-refractivity contribution in [2.75, 3.05) is 12.5 Å². The van der Waals surface area contributed by atoms with E-state index < -0.39 is 0 Å². The molecule has 2 atom stereocenters. The molecule has 1 saturated carbocycles. The lowest BCUT2D eigenvalue weighted by atomic mass is 9.76. The fraction of sp³-hybridized carbons (Fsp3) is 0.600. The first-order valence-electron chi connectivity index (χ1n) is 6.76. The standard InChI is InChI=1S/C15H17BrClFO/c16-13-7-12(18)4-3-11(13)8-15(9-17)5-6-19-14(15)10-1-2-10/h3-4,7,10,14H,1-2,5-6,8-9H2. The van der Waals surface area contributed by atoms with Crippen LogP contribution in [0.15, 0.2) is 22.7 Å². The summed E-state index contributed by atoms with van der Waals surface area (Å²) in [6.07, 6.45) is 4.66. The molecule has 1 heterocycles. The molecular weight excluding hydrogens is 331 g/mol. The van der Waals surface area contributed by atoms with Crippen LogP contribution in [0.2, 0.25) is 0 Å². The summed E-state index contributed by atoms with van der Waals surface area (Å²) < 4.78 is 20.0. The molecule has 4 heteroatoms. The molecule has 3 rings (SSSR count). The molecule has 2 unspecified atom stereocenters. The quantitative estimate of drug-likeness (QED) is 0.726. The van der Waals surface area contributed by atoms with Crippen LogP contribution < -0.4 is 0 Å². The summed E-state index contributed by atoms with van der Waals surface area (Å²) in [5, 5.41) is 0. The van der Waals surface area contributed by atoms with Crippen molar-refractivity contribution in [2.24, 2.45) is 11.3 Å². The molecule has 2 fully saturated rings. The maximum Gasteiger partial charge on any atom is 0.124 e. The average molecular weight is 348 g/mol. The molecule has 104 valence electrons. The normalized spacial score (nSPS) is 30.8. The lowest BCUT2D eigenvalue weighted by molar-refractivity contribution is 0.0402. The Balaban J connectivity index is 1.85. The van der Waals surface area contributed by atoms with Crippen LogP contribution in [-0.4, -0.2) is 18.6 Å². The SMILES string of the molecule is Fc1ccc(CC2(CCl)CCOC2C2CC2)c(Br)c1. The van der Waals surface area contributed by atoms with Gasteiger partial charge in [0.1, 0.15) is 5.82 Å². The van der Waals surface area contributed by atoms with Gasteiger partial charge in [-0.1, -0.05) is 22.0 Å². The van der Waals surface area contributed by atoms with Crippen molar-refractivity contribution in [2.45, 2.75) is 31.8 Å². The average Bonchev–Trinajstić information content (AvgIpc) is 3.15. The van der Waals surface area contributed by atoms with Crippen molar-refractivity contribution in [3.8, 4) is 0 Å². The molecule has 19 heavy (non-hydrogen) atoms. The van der Waals surface area contributed by atoms with E-state index in [0.29, 0.717) is 11.8 Å². The Morgan fingerprint density at radius 2 is 2.21 bits per heavy atom. The highest BCUT2D eigenvalue weighted by Crippen LogP contribution is 2.50. The molecule has 0 amide bonds. The Kier molecular flexibility index (Phi) is 3.89. The Bertz CT molecular complexity index is 477. The minimum Gasteiger partial charge on any atom is -0.377 e. The molecule has 1 aliphatic heterocycles. The fourth-order valence-corrected chi connectivity index (χ4v) is 4.04. The van der Waals surface area contributed by atoms with Crippen LogP contribution in [0.1, 0.15) is 24.8 Å². The number of ether oxygens (including phenoxy) is 1. The van der Waals surface area contributed by atoms with E-state index >= 15 is 0 Å². The van der Waals surface area contributed by atoms with E-state index in [0.717, 1.165) is 29.5 Å². The molecule has 0 aromatic heterocycles. The zero-order valence-corrected chi connectivity index (χ0v) is 13.0. The van der Waals surface area contributed by atoms with E-state index in [1.807, 2.05) is 6.07 Å². The number of halogens is 3. The van der Waals surface area contributed by atoms with Crippen LogP contribution in [0.3, 0.4) is 0 Å². The third-order valence-corrected chi connectivity index (χ3v) is 5.65. The van der Waals surface area contributed by atoms with Gasteiger partial charge in [-0.2, -0.15) is 0 Å². The predicted molar refractivity (Wildman–Crippen MR) is 78.0 cm³/mol. The maximum atomic E-state index is 13.2. The van der Waals surface area contributed by atoms with Crippen LogP contribution in [0, 0.1) is 17.2 Å². The van der Waals surface area contributed by atoms with Gasteiger partial charge in [0.2, 0.25) is 0 Å². The second kappa shape index (κ2) is 5.34. The van der Waals surface area contributed by atoms with Crippen molar-refractivity contribution in [1.82, 2.24) is 0 Å². The van der Waals surface area contributed by atoms with Crippen LogP contribution in [-0.2, 0) is 11.2 Å². The number of benzene rings is 1. The molecule has 0 spiro atoms. The fourth-order valence-electron chi connectivity index (χ4n) is 3.17. The molecule has 0 bridgehead atoms. The van der Waals surface area contributed by atoms with E-state index in [-0.39, 0.29) is 17.3 Å². The molecule has 0 radical (unpaired) electrons. The van der Waals surface area contributed by atoms with Gasteiger partial charge in [0.05, 0.1) is 6.10 Å². The Morgan fingerprint density at radius 3 is 2.84 bits per heavy atom. The van der Waals surface area contributed by atoms with Crippen molar-refractivity contribution in [1.29, 1.82) is 0 Å². The first-order valence-corrected chi connectivity index (χ1v) is 8.09. The van der Waals surface area contributed by atoms with Gasteiger partial charge >= 0.3 is 0 Å². The largest absolute Gasteiger partial charge is 0.377 e. The van der Waals surface area contributed by atoms with Gasteiger partial charge in [-0.05, 0) is 49.3 Å². The monoisotopic (exact) mass is 346 g/mol. The molecule has 1 saturated heterocycles. The first kappa shape index (κ1) is 13.8. The highest BCUT2D eigenvalue weighted by molar-refractivity contribution is 9.10. The van der Waals surface area contributed by atoms with Gasteiger partial charge in [-0.25, -0.2) is 4.39 Å².